The first-order valence-electron chi connectivity index (χ1n) is 8.28. The number of hydrogen-bond acceptors (Lipinski definition) is 5. The Hall–Kier alpha value is -2.63. The van der Waals surface area contributed by atoms with E-state index in [1.807, 2.05) is 0 Å². The van der Waals surface area contributed by atoms with Gasteiger partial charge < -0.3 is 10.1 Å². The maximum Gasteiger partial charge on any atom is 0.417 e. The van der Waals surface area contributed by atoms with E-state index in [1.165, 1.54) is 31.4 Å². The molecular weight excluding hydrogens is 449 g/mol. The predicted octanol–water partition coefficient (Wildman–Crippen LogP) is 3.45. The molecule has 0 aliphatic carbocycles. The number of rotatable bonds is 7. The lowest BCUT2D eigenvalue weighted by Gasteiger charge is -2.12. The van der Waals surface area contributed by atoms with Gasteiger partial charge in [-0.25, -0.2) is 17.9 Å². The first kappa shape index (κ1) is 23.6. The third-order valence-electron chi connectivity index (χ3n) is 3.79. The number of amides is 1. The van der Waals surface area contributed by atoms with Crippen LogP contribution in [0.1, 0.15) is 22.3 Å². The van der Waals surface area contributed by atoms with Gasteiger partial charge in [0.25, 0.3) is 0 Å². The summed E-state index contributed by atoms with van der Waals surface area (Å²) in [7, 11) is -3.06. The van der Waals surface area contributed by atoms with Gasteiger partial charge in [0.2, 0.25) is 15.9 Å². The molecule has 30 heavy (non-hydrogen) atoms. The van der Waals surface area contributed by atoms with Crippen molar-refractivity contribution in [2.75, 3.05) is 19.0 Å². The number of esters is 1. The minimum absolute atomic E-state index is 0.280. The Balaban J connectivity index is 1.95. The number of carbonyl (C=O) groups is 2. The minimum atomic E-state index is -4.81. The highest BCUT2D eigenvalue weighted by Gasteiger charge is 2.34. The van der Waals surface area contributed by atoms with Crippen molar-refractivity contribution in [2.24, 2.45) is 0 Å². The Morgan fingerprint density at radius 1 is 1.10 bits per heavy atom. The number of carbonyl (C=O) groups excluding carboxylic acids is 2. The minimum Gasteiger partial charge on any atom is -0.465 e. The summed E-state index contributed by atoms with van der Waals surface area (Å²) in [5.41, 5.74) is -0.632. The molecule has 2 N–H and O–H groups in total. The summed E-state index contributed by atoms with van der Waals surface area (Å²) >= 11 is 5.48. The van der Waals surface area contributed by atoms with E-state index >= 15 is 0 Å². The molecule has 2 rings (SSSR count). The second kappa shape index (κ2) is 9.45. The Labute approximate surface area is 175 Å². The molecule has 2 aromatic carbocycles. The van der Waals surface area contributed by atoms with Gasteiger partial charge in [-0.1, -0.05) is 11.6 Å². The van der Waals surface area contributed by atoms with Crippen LogP contribution in [0.5, 0.6) is 0 Å². The van der Waals surface area contributed by atoms with Gasteiger partial charge >= 0.3 is 12.1 Å². The molecule has 162 valence electrons. The van der Waals surface area contributed by atoms with Gasteiger partial charge in [-0.15, -0.1) is 0 Å². The van der Waals surface area contributed by atoms with E-state index in [0.29, 0.717) is 11.8 Å². The molecule has 0 bridgehead atoms. The highest BCUT2D eigenvalue weighted by Crippen LogP contribution is 2.35. The smallest absolute Gasteiger partial charge is 0.417 e. The van der Waals surface area contributed by atoms with Gasteiger partial charge in [0.05, 0.1) is 28.2 Å². The van der Waals surface area contributed by atoms with Crippen molar-refractivity contribution in [1.29, 1.82) is 0 Å². The summed E-state index contributed by atoms with van der Waals surface area (Å²) in [6.07, 6.45) is -5.09. The number of nitrogens with one attached hydrogen (secondary N) is 2. The first-order chi connectivity index (χ1) is 13.9. The summed E-state index contributed by atoms with van der Waals surface area (Å²) in [5.74, 6) is -1.09. The van der Waals surface area contributed by atoms with E-state index in [2.05, 4.69) is 14.8 Å². The molecule has 0 aliphatic rings. The summed E-state index contributed by atoms with van der Waals surface area (Å²) in [6.45, 7) is -0.349. The highest BCUT2D eigenvalue weighted by molar-refractivity contribution is 7.89. The highest BCUT2D eigenvalue weighted by atomic mass is 35.5. The zero-order chi connectivity index (χ0) is 22.5. The van der Waals surface area contributed by atoms with E-state index in [0.717, 1.165) is 12.1 Å². The van der Waals surface area contributed by atoms with E-state index < -0.39 is 43.6 Å². The quantitative estimate of drug-likeness (QED) is 0.611. The standard InChI is InChI=1S/C18H16ClF3N2O5S/c1-29-17(26)11-2-4-12(5-3-11)24-16(25)8-9-23-30(27,28)13-6-7-15(19)14(10-13)18(20,21)22/h2-7,10,23H,8-9H2,1H3,(H,24,25). The Kier molecular flexibility index (Phi) is 7.45. The topological polar surface area (TPSA) is 102 Å². The molecule has 0 spiro atoms. The maximum atomic E-state index is 12.9. The van der Waals surface area contributed by atoms with Gasteiger partial charge in [-0.05, 0) is 42.5 Å². The molecule has 0 unspecified atom stereocenters. The number of sulfonamides is 1. The molecule has 0 aromatic heterocycles. The van der Waals surface area contributed by atoms with Gasteiger partial charge in [0, 0.05) is 18.7 Å². The lowest BCUT2D eigenvalue weighted by Crippen LogP contribution is -2.28. The Morgan fingerprint density at radius 3 is 2.30 bits per heavy atom. The second-order valence-electron chi connectivity index (χ2n) is 5.90. The van der Waals surface area contributed by atoms with Crippen LogP contribution in [0, 0.1) is 0 Å². The van der Waals surface area contributed by atoms with E-state index in [-0.39, 0.29) is 18.5 Å². The van der Waals surface area contributed by atoms with Crippen molar-refractivity contribution in [3.05, 3.63) is 58.6 Å². The molecule has 0 atom stereocenters. The van der Waals surface area contributed by atoms with Crippen LogP contribution in [0.4, 0.5) is 18.9 Å². The predicted molar refractivity (Wildman–Crippen MR) is 103 cm³/mol. The molecular formula is C18H16ClF3N2O5S. The number of ether oxygens (including phenoxy) is 1. The Bertz CT molecular complexity index is 1040. The zero-order valence-corrected chi connectivity index (χ0v) is 17.0. The zero-order valence-electron chi connectivity index (χ0n) is 15.4. The van der Waals surface area contributed by atoms with E-state index in [1.54, 1.807) is 0 Å². The van der Waals surface area contributed by atoms with E-state index in [4.69, 9.17) is 11.6 Å². The molecule has 0 heterocycles. The first-order valence-corrected chi connectivity index (χ1v) is 10.1. The molecule has 0 fully saturated rings. The Morgan fingerprint density at radius 2 is 1.73 bits per heavy atom. The summed E-state index contributed by atoms with van der Waals surface area (Å²) < 4.78 is 69.7. The normalized spacial score (nSPS) is 11.8. The fourth-order valence-electron chi connectivity index (χ4n) is 2.30. The molecule has 0 saturated heterocycles. The monoisotopic (exact) mass is 464 g/mol. The SMILES string of the molecule is COC(=O)c1ccc(NC(=O)CCNS(=O)(=O)c2ccc(Cl)c(C(F)(F)F)c2)cc1. The molecule has 2 aromatic rings. The van der Waals surface area contributed by atoms with Crippen LogP contribution in [0.15, 0.2) is 47.4 Å². The van der Waals surface area contributed by atoms with Crippen LogP contribution in [-0.2, 0) is 25.7 Å². The average Bonchev–Trinajstić information content (AvgIpc) is 2.67. The van der Waals surface area contributed by atoms with Gasteiger partial charge in [0.1, 0.15) is 0 Å². The van der Waals surface area contributed by atoms with Crippen LogP contribution in [0.2, 0.25) is 5.02 Å². The van der Waals surface area contributed by atoms with Crippen LogP contribution in [0.25, 0.3) is 0 Å². The lowest BCUT2D eigenvalue weighted by molar-refractivity contribution is -0.137. The number of hydrogen-bond donors (Lipinski definition) is 2. The molecule has 1 amide bonds. The van der Waals surface area contributed by atoms with Gasteiger partial charge in [0.15, 0.2) is 0 Å². The summed E-state index contributed by atoms with van der Waals surface area (Å²) in [4.78, 5) is 22.7. The van der Waals surface area contributed by atoms with Gasteiger partial charge in [-0.3, -0.25) is 4.79 Å². The number of benzene rings is 2. The fraction of sp³-hybridized carbons (Fsp3) is 0.222. The summed E-state index contributed by atoms with van der Waals surface area (Å²) in [5, 5.41) is 1.87. The second-order valence-corrected chi connectivity index (χ2v) is 8.08. The van der Waals surface area contributed by atoms with Crippen LogP contribution in [0.3, 0.4) is 0 Å². The number of alkyl halides is 3. The number of halogens is 4. The molecule has 7 nitrogen and oxygen atoms in total. The van der Waals surface area contributed by atoms with Crippen molar-refractivity contribution in [2.45, 2.75) is 17.5 Å². The number of anilines is 1. The van der Waals surface area contributed by atoms with Crippen molar-refractivity contribution < 1.29 is 35.9 Å². The van der Waals surface area contributed by atoms with Crippen molar-refractivity contribution in [1.82, 2.24) is 4.72 Å². The third kappa shape index (κ3) is 6.18. The van der Waals surface area contributed by atoms with Crippen LogP contribution in [-0.4, -0.2) is 33.9 Å². The molecule has 12 heteroatoms. The van der Waals surface area contributed by atoms with Gasteiger partial charge in [-0.2, -0.15) is 13.2 Å². The number of methoxy groups -OCH3 is 1. The lowest BCUT2D eigenvalue weighted by atomic mass is 10.2. The fourth-order valence-corrected chi connectivity index (χ4v) is 3.58. The molecule has 0 aliphatic heterocycles. The average molecular weight is 465 g/mol. The maximum absolute atomic E-state index is 12.9. The van der Waals surface area contributed by atoms with Crippen LogP contribution >= 0.6 is 11.6 Å². The third-order valence-corrected chi connectivity index (χ3v) is 5.58. The molecule has 0 saturated carbocycles. The summed E-state index contributed by atoms with van der Waals surface area (Å²) in [6, 6.07) is 7.98. The van der Waals surface area contributed by atoms with E-state index in [9.17, 15) is 31.2 Å². The largest absolute Gasteiger partial charge is 0.465 e. The van der Waals surface area contributed by atoms with Crippen molar-refractivity contribution in [3.8, 4) is 0 Å². The molecule has 0 radical (unpaired) electrons. The van der Waals surface area contributed by atoms with Crippen molar-refractivity contribution in [3.63, 3.8) is 0 Å². The van der Waals surface area contributed by atoms with Crippen LogP contribution < -0.4 is 10.0 Å². The van der Waals surface area contributed by atoms with Crippen molar-refractivity contribution >= 4 is 39.2 Å².